The zero-order chi connectivity index (χ0) is 22.0. The van der Waals surface area contributed by atoms with Crippen LogP contribution < -0.4 is 5.69 Å². The number of hydrogen-bond donors (Lipinski definition) is 1. The van der Waals surface area contributed by atoms with Crippen LogP contribution in [0.1, 0.15) is 49.1 Å². The van der Waals surface area contributed by atoms with Gasteiger partial charge in [0.2, 0.25) is 5.88 Å². The standard InChI is InChI=1S/C22H22F3N3O2S/c23-22(24,25)31-18-8-6-17(7-9-18)28-20(29)14-27(21(28)30)13-16-10-11-26-12-19(16)15-4-2-1-3-5-15/h6-12,14-15,29H,1-5,13H2. The van der Waals surface area contributed by atoms with Crippen molar-refractivity contribution in [3.05, 3.63) is 70.5 Å². The van der Waals surface area contributed by atoms with Gasteiger partial charge in [-0.2, -0.15) is 13.2 Å². The number of pyridine rings is 1. The van der Waals surface area contributed by atoms with Crippen molar-refractivity contribution in [2.45, 2.75) is 55.0 Å². The molecule has 0 saturated heterocycles. The summed E-state index contributed by atoms with van der Waals surface area (Å²) in [4.78, 5) is 17.2. The van der Waals surface area contributed by atoms with Crippen LogP contribution in [0.15, 0.2) is 58.6 Å². The number of rotatable bonds is 5. The molecule has 5 nitrogen and oxygen atoms in total. The molecule has 2 heterocycles. The van der Waals surface area contributed by atoms with Crippen molar-refractivity contribution in [1.29, 1.82) is 0 Å². The summed E-state index contributed by atoms with van der Waals surface area (Å²) in [6, 6.07) is 7.23. The molecule has 1 saturated carbocycles. The summed E-state index contributed by atoms with van der Waals surface area (Å²) in [5.74, 6) is 0.150. The molecule has 1 aliphatic rings. The smallest absolute Gasteiger partial charge is 0.446 e. The van der Waals surface area contributed by atoms with Crippen LogP contribution in [-0.2, 0) is 6.54 Å². The Morgan fingerprint density at radius 1 is 1.10 bits per heavy atom. The second kappa shape index (κ2) is 8.82. The van der Waals surface area contributed by atoms with Crippen LogP contribution in [0.5, 0.6) is 5.88 Å². The first-order valence-electron chi connectivity index (χ1n) is 10.1. The Hall–Kier alpha value is -2.68. The second-order valence-corrected chi connectivity index (χ2v) is 8.82. The van der Waals surface area contributed by atoms with Gasteiger partial charge >= 0.3 is 11.2 Å². The van der Waals surface area contributed by atoms with Crippen molar-refractivity contribution < 1.29 is 18.3 Å². The summed E-state index contributed by atoms with van der Waals surface area (Å²) in [6.07, 6.45) is 10.7. The molecule has 0 unspecified atom stereocenters. The van der Waals surface area contributed by atoms with Crippen LogP contribution in [0.3, 0.4) is 0 Å². The summed E-state index contributed by atoms with van der Waals surface area (Å²) >= 11 is -0.226. The molecule has 4 rings (SSSR count). The van der Waals surface area contributed by atoms with Crippen LogP contribution in [0.25, 0.3) is 5.69 Å². The Bertz CT molecular complexity index is 1100. The molecule has 0 radical (unpaired) electrons. The molecular formula is C22H22F3N3O2S. The largest absolute Gasteiger partial charge is 0.493 e. The van der Waals surface area contributed by atoms with Crippen LogP contribution in [0, 0.1) is 0 Å². The SMILES string of the molecule is O=c1n(Cc2ccncc2C2CCCCC2)cc(O)n1-c1ccc(SC(F)(F)F)cc1. The van der Waals surface area contributed by atoms with E-state index in [2.05, 4.69) is 4.98 Å². The first-order chi connectivity index (χ1) is 14.8. The van der Waals surface area contributed by atoms with E-state index in [4.69, 9.17) is 0 Å². The van der Waals surface area contributed by atoms with Crippen molar-refractivity contribution >= 4 is 11.8 Å². The van der Waals surface area contributed by atoms with Crippen LogP contribution >= 0.6 is 11.8 Å². The van der Waals surface area contributed by atoms with Crippen molar-refractivity contribution in [3.63, 3.8) is 0 Å². The number of alkyl halides is 3. The number of imidazole rings is 1. The van der Waals surface area contributed by atoms with Crippen molar-refractivity contribution in [2.24, 2.45) is 0 Å². The van der Waals surface area contributed by atoms with Gasteiger partial charge in [-0.1, -0.05) is 19.3 Å². The fraction of sp³-hybridized carbons (Fsp3) is 0.364. The van der Waals surface area contributed by atoms with E-state index in [1.54, 1.807) is 6.20 Å². The van der Waals surface area contributed by atoms with Gasteiger partial charge in [0.1, 0.15) is 0 Å². The molecule has 1 N–H and O–H groups in total. The lowest BCUT2D eigenvalue weighted by Crippen LogP contribution is -2.24. The lowest BCUT2D eigenvalue weighted by molar-refractivity contribution is -0.0328. The van der Waals surface area contributed by atoms with Gasteiger partial charge in [-0.3, -0.25) is 9.55 Å². The molecule has 2 aromatic heterocycles. The first-order valence-corrected chi connectivity index (χ1v) is 10.9. The molecule has 9 heteroatoms. The van der Waals surface area contributed by atoms with Gasteiger partial charge in [0, 0.05) is 17.3 Å². The summed E-state index contributed by atoms with van der Waals surface area (Å²) in [5.41, 5.74) is -2.42. The molecule has 3 aromatic rings. The average Bonchev–Trinajstić information content (AvgIpc) is 3.02. The number of hydrogen-bond acceptors (Lipinski definition) is 4. The number of aromatic nitrogens is 3. The minimum absolute atomic E-state index is 0.0112. The zero-order valence-corrected chi connectivity index (χ0v) is 17.5. The Balaban J connectivity index is 1.61. The molecule has 0 atom stereocenters. The maximum atomic E-state index is 13.0. The van der Waals surface area contributed by atoms with E-state index in [0.717, 1.165) is 28.5 Å². The lowest BCUT2D eigenvalue weighted by atomic mass is 9.83. The van der Waals surface area contributed by atoms with E-state index < -0.39 is 11.2 Å². The maximum absolute atomic E-state index is 13.0. The molecule has 164 valence electrons. The summed E-state index contributed by atoms with van der Waals surface area (Å²) in [7, 11) is 0. The highest BCUT2D eigenvalue weighted by molar-refractivity contribution is 8.00. The van der Waals surface area contributed by atoms with Crippen LogP contribution in [0.4, 0.5) is 13.2 Å². The number of benzene rings is 1. The van der Waals surface area contributed by atoms with E-state index in [0.29, 0.717) is 11.6 Å². The quantitative estimate of drug-likeness (QED) is 0.527. The molecule has 1 aliphatic carbocycles. The van der Waals surface area contributed by atoms with E-state index in [9.17, 15) is 23.1 Å². The normalized spacial score (nSPS) is 15.3. The van der Waals surface area contributed by atoms with E-state index >= 15 is 0 Å². The molecule has 0 spiro atoms. The van der Waals surface area contributed by atoms with Crippen molar-refractivity contribution in [2.75, 3.05) is 0 Å². The highest BCUT2D eigenvalue weighted by atomic mass is 32.2. The Morgan fingerprint density at radius 2 is 1.81 bits per heavy atom. The minimum Gasteiger partial charge on any atom is -0.493 e. The van der Waals surface area contributed by atoms with E-state index in [1.807, 2.05) is 12.3 Å². The third-order valence-electron chi connectivity index (χ3n) is 5.60. The predicted molar refractivity (Wildman–Crippen MR) is 113 cm³/mol. The van der Waals surface area contributed by atoms with Gasteiger partial charge < -0.3 is 5.11 Å². The summed E-state index contributed by atoms with van der Waals surface area (Å²) in [5, 5.41) is 10.4. The fourth-order valence-corrected chi connectivity index (χ4v) is 4.72. The second-order valence-electron chi connectivity index (χ2n) is 7.68. The third-order valence-corrected chi connectivity index (χ3v) is 6.34. The van der Waals surface area contributed by atoms with Crippen molar-refractivity contribution in [1.82, 2.24) is 14.1 Å². The molecule has 1 fully saturated rings. The van der Waals surface area contributed by atoms with Crippen LogP contribution in [0.2, 0.25) is 0 Å². The molecular weight excluding hydrogens is 427 g/mol. The number of nitrogens with zero attached hydrogens (tertiary/aromatic N) is 3. The highest BCUT2D eigenvalue weighted by Gasteiger charge is 2.29. The Morgan fingerprint density at radius 3 is 2.48 bits per heavy atom. The fourth-order valence-electron chi connectivity index (χ4n) is 4.18. The topological polar surface area (TPSA) is 60.1 Å². The first kappa shape index (κ1) is 21.5. The number of thioether (sulfide) groups is 1. The molecule has 0 bridgehead atoms. The minimum atomic E-state index is -4.38. The van der Waals surface area contributed by atoms with E-state index in [-0.39, 0.29) is 29.1 Å². The lowest BCUT2D eigenvalue weighted by Gasteiger charge is -2.24. The monoisotopic (exact) mass is 449 g/mol. The molecule has 0 aliphatic heterocycles. The number of halogens is 3. The van der Waals surface area contributed by atoms with Gasteiger partial charge in [-0.25, -0.2) is 9.36 Å². The molecule has 31 heavy (non-hydrogen) atoms. The average molecular weight is 449 g/mol. The van der Waals surface area contributed by atoms with Gasteiger partial charge in [0.15, 0.2) is 0 Å². The van der Waals surface area contributed by atoms with Crippen LogP contribution in [-0.4, -0.2) is 24.7 Å². The zero-order valence-electron chi connectivity index (χ0n) is 16.7. The molecule has 1 aromatic carbocycles. The Labute approximate surface area is 181 Å². The van der Waals surface area contributed by atoms with Gasteiger partial charge in [0.25, 0.3) is 0 Å². The van der Waals surface area contributed by atoms with Gasteiger partial charge in [-0.05, 0) is 72.0 Å². The highest BCUT2D eigenvalue weighted by Crippen LogP contribution is 2.37. The summed E-state index contributed by atoms with van der Waals surface area (Å²) < 4.78 is 40.1. The maximum Gasteiger partial charge on any atom is 0.446 e. The predicted octanol–water partition coefficient (Wildman–Crippen LogP) is 5.45. The summed E-state index contributed by atoms with van der Waals surface area (Å²) in [6.45, 7) is 0.287. The van der Waals surface area contributed by atoms with Gasteiger partial charge in [-0.15, -0.1) is 0 Å². The van der Waals surface area contributed by atoms with E-state index in [1.165, 1.54) is 54.3 Å². The number of aromatic hydroxyl groups is 1. The van der Waals surface area contributed by atoms with Crippen molar-refractivity contribution in [3.8, 4) is 11.6 Å². The molecule has 0 amide bonds. The van der Waals surface area contributed by atoms with Gasteiger partial charge in [0.05, 0.1) is 18.4 Å². The Kier molecular flexibility index (Phi) is 6.13. The third kappa shape index (κ3) is 4.98.